The summed E-state index contributed by atoms with van der Waals surface area (Å²) in [5, 5.41) is 17.2. The first kappa shape index (κ1) is 13.1. The number of imidazole rings is 1. The van der Waals surface area contributed by atoms with Crippen LogP contribution in [0, 0.1) is 0 Å². The van der Waals surface area contributed by atoms with E-state index >= 15 is 0 Å². The fourth-order valence-corrected chi connectivity index (χ4v) is 2.18. The average molecular weight is 286 g/mol. The van der Waals surface area contributed by atoms with Crippen molar-refractivity contribution in [1.82, 2.24) is 24.3 Å². The highest BCUT2D eigenvalue weighted by Gasteiger charge is 2.17. The van der Waals surface area contributed by atoms with Gasteiger partial charge in [0.2, 0.25) is 0 Å². The Kier molecular flexibility index (Phi) is 3.05. The Bertz CT molecular complexity index is 819. The van der Waals surface area contributed by atoms with Gasteiger partial charge < -0.3 is 15.0 Å². The lowest BCUT2D eigenvalue weighted by Crippen LogP contribution is -2.10. The molecule has 0 saturated heterocycles. The van der Waals surface area contributed by atoms with Gasteiger partial charge in [-0.25, -0.2) is 14.8 Å². The molecule has 0 aliphatic heterocycles. The molecular weight excluding hydrogens is 272 g/mol. The second-order valence-corrected chi connectivity index (χ2v) is 4.67. The van der Waals surface area contributed by atoms with Gasteiger partial charge in [0.15, 0.2) is 5.65 Å². The highest BCUT2D eigenvalue weighted by Crippen LogP contribution is 2.26. The van der Waals surface area contributed by atoms with Crippen LogP contribution in [0.2, 0.25) is 0 Å². The molecule has 3 aromatic rings. The highest BCUT2D eigenvalue weighted by molar-refractivity contribution is 6.03. The Hall–Kier alpha value is -2.90. The zero-order valence-electron chi connectivity index (χ0n) is 11.6. The number of anilines is 1. The largest absolute Gasteiger partial charge is 0.478 e. The van der Waals surface area contributed by atoms with E-state index in [1.807, 2.05) is 17.8 Å². The topological polar surface area (TPSA) is 97.9 Å². The van der Waals surface area contributed by atoms with E-state index in [-0.39, 0.29) is 5.56 Å². The molecule has 0 bridgehead atoms. The third kappa shape index (κ3) is 2.20. The number of carbonyl (C=O) groups is 1. The van der Waals surface area contributed by atoms with Crippen molar-refractivity contribution in [3.05, 3.63) is 36.2 Å². The molecule has 0 saturated carbocycles. The van der Waals surface area contributed by atoms with Crippen molar-refractivity contribution in [2.75, 3.05) is 5.32 Å². The monoisotopic (exact) mass is 286 g/mol. The van der Waals surface area contributed by atoms with Crippen LogP contribution < -0.4 is 5.32 Å². The van der Waals surface area contributed by atoms with Gasteiger partial charge in [-0.2, -0.15) is 5.10 Å². The molecule has 3 rings (SSSR count). The number of nitrogens with one attached hydrogen (secondary N) is 1. The third-order valence-electron chi connectivity index (χ3n) is 3.34. The molecule has 0 aliphatic rings. The van der Waals surface area contributed by atoms with Gasteiger partial charge in [-0.05, 0) is 0 Å². The minimum atomic E-state index is -1.03. The molecule has 8 heteroatoms. The third-order valence-corrected chi connectivity index (χ3v) is 3.34. The predicted molar refractivity (Wildman–Crippen MR) is 76.0 cm³/mol. The number of aromatic nitrogens is 5. The van der Waals surface area contributed by atoms with E-state index in [1.165, 1.54) is 6.20 Å². The van der Waals surface area contributed by atoms with E-state index < -0.39 is 5.97 Å². The van der Waals surface area contributed by atoms with Crippen molar-refractivity contribution in [1.29, 1.82) is 0 Å². The number of pyridine rings is 1. The summed E-state index contributed by atoms with van der Waals surface area (Å²) in [6, 6.07) is 0. The molecule has 8 nitrogen and oxygen atoms in total. The van der Waals surface area contributed by atoms with Crippen molar-refractivity contribution in [3.63, 3.8) is 0 Å². The van der Waals surface area contributed by atoms with Crippen LogP contribution in [0.15, 0.2) is 24.8 Å². The number of carboxylic acids is 1. The Morgan fingerprint density at radius 3 is 2.81 bits per heavy atom. The summed E-state index contributed by atoms with van der Waals surface area (Å²) in [6.07, 6.45) is 6.48. The molecule has 0 fully saturated rings. The van der Waals surface area contributed by atoms with Gasteiger partial charge in [-0.3, -0.25) is 4.68 Å². The Morgan fingerprint density at radius 1 is 1.33 bits per heavy atom. The van der Waals surface area contributed by atoms with Crippen LogP contribution in [0.25, 0.3) is 11.0 Å². The molecule has 0 unspecified atom stereocenters. The number of aryl methyl sites for hydroxylation is 2. The summed E-state index contributed by atoms with van der Waals surface area (Å²) in [6.45, 7) is 0.414. The van der Waals surface area contributed by atoms with Crippen molar-refractivity contribution in [2.24, 2.45) is 14.1 Å². The molecule has 0 aromatic carbocycles. The molecule has 108 valence electrons. The van der Waals surface area contributed by atoms with Gasteiger partial charge in [0.25, 0.3) is 0 Å². The number of rotatable bonds is 4. The normalized spacial score (nSPS) is 11.0. The number of aromatic carboxylic acids is 1. The van der Waals surface area contributed by atoms with Crippen LogP contribution in [0.3, 0.4) is 0 Å². The number of fused-ring (bicyclic) bond motifs is 1. The van der Waals surface area contributed by atoms with Crippen LogP contribution in [0.4, 0.5) is 5.69 Å². The molecule has 3 aromatic heterocycles. The minimum absolute atomic E-state index is 0.115. The second kappa shape index (κ2) is 4.89. The standard InChI is InChI=1S/C13H14N6O2/c1-18-4-3-14-10(18)7-15-11-8-6-17-19(2)12(8)16-5-9(11)13(20)21/h3-6H,7H2,1-2H3,(H,15,16)(H,20,21). The van der Waals surface area contributed by atoms with E-state index in [1.54, 1.807) is 24.1 Å². The molecule has 21 heavy (non-hydrogen) atoms. The van der Waals surface area contributed by atoms with Crippen LogP contribution in [-0.2, 0) is 20.6 Å². The van der Waals surface area contributed by atoms with E-state index in [9.17, 15) is 9.90 Å². The van der Waals surface area contributed by atoms with E-state index in [4.69, 9.17) is 0 Å². The average Bonchev–Trinajstić information content (AvgIpc) is 3.03. The zero-order valence-corrected chi connectivity index (χ0v) is 11.6. The predicted octanol–water partition coefficient (Wildman–Crippen LogP) is 1.01. The van der Waals surface area contributed by atoms with Gasteiger partial charge in [-0.15, -0.1) is 0 Å². The maximum Gasteiger partial charge on any atom is 0.339 e. The Balaban J connectivity index is 2.04. The summed E-state index contributed by atoms with van der Waals surface area (Å²) in [7, 11) is 3.65. The molecule has 3 heterocycles. The van der Waals surface area contributed by atoms with E-state index in [2.05, 4.69) is 20.4 Å². The second-order valence-electron chi connectivity index (χ2n) is 4.67. The van der Waals surface area contributed by atoms with Gasteiger partial charge in [-0.1, -0.05) is 0 Å². The lowest BCUT2D eigenvalue weighted by atomic mass is 10.2. The fraction of sp³-hybridized carbons (Fsp3) is 0.231. The summed E-state index contributed by atoms with van der Waals surface area (Å²) >= 11 is 0. The summed E-state index contributed by atoms with van der Waals surface area (Å²) in [5.74, 6) is -0.226. The molecule has 0 amide bonds. The van der Waals surface area contributed by atoms with Gasteiger partial charge >= 0.3 is 5.97 Å². The summed E-state index contributed by atoms with van der Waals surface area (Å²) in [4.78, 5) is 19.7. The molecule has 0 atom stereocenters. The van der Waals surface area contributed by atoms with Crippen molar-refractivity contribution in [2.45, 2.75) is 6.54 Å². The quantitative estimate of drug-likeness (QED) is 0.743. The van der Waals surface area contributed by atoms with Gasteiger partial charge in [0.1, 0.15) is 11.4 Å². The van der Waals surface area contributed by atoms with Crippen LogP contribution >= 0.6 is 0 Å². The number of nitrogens with zero attached hydrogens (tertiary/aromatic N) is 5. The maximum atomic E-state index is 11.4. The Morgan fingerprint density at radius 2 is 2.14 bits per heavy atom. The first-order valence-corrected chi connectivity index (χ1v) is 6.32. The van der Waals surface area contributed by atoms with Gasteiger partial charge in [0.05, 0.1) is 23.8 Å². The molecule has 0 radical (unpaired) electrons. The smallest absolute Gasteiger partial charge is 0.339 e. The number of hydrogen-bond donors (Lipinski definition) is 2. The molecular formula is C13H14N6O2. The number of carboxylic acid groups (broad SMARTS) is 1. The SMILES string of the molecule is Cn1ccnc1CNc1c(C(=O)O)cnc2c1cnn2C. The first-order chi connectivity index (χ1) is 10.1. The first-order valence-electron chi connectivity index (χ1n) is 6.32. The van der Waals surface area contributed by atoms with Crippen molar-refractivity contribution >= 4 is 22.7 Å². The summed E-state index contributed by atoms with van der Waals surface area (Å²) < 4.78 is 3.47. The van der Waals surface area contributed by atoms with Crippen molar-refractivity contribution in [3.8, 4) is 0 Å². The van der Waals surface area contributed by atoms with Crippen molar-refractivity contribution < 1.29 is 9.90 Å². The van der Waals surface area contributed by atoms with E-state index in [0.29, 0.717) is 23.3 Å². The molecule has 0 aliphatic carbocycles. The van der Waals surface area contributed by atoms with Crippen LogP contribution in [0.1, 0.15) is 16.2 Å². The highest BCUT2D eigenvalue weighted by atomic mass is 16.4. The van der Waals surface area contributed by atoms with Crippen LogP contribution in [-0.4, -0.2) is 35.4 Å². The lowest BCUT2D eigenvalue weighted by Gasteiger charge is -2.10. The lowest BCUT2D eigenvalue weighted by molar-refractivity contribution is 0.0697. The molecule has 0 spiro atoms. The summed E-state index contributed by atoms with van der Waals surface area (Å²) in [5.41, 5.74) is 1.25. The fourth-order valence-electron chi connectivity index (χ4n) is 2.18. The van der Waals surface area contributed by atoms with Gasteiger partial charge in [0, 0.05) is 32.7 Å². The molecule has 2 N–H and O–H groups in total. The van der Waals surface area contributed by atoms with Crippen LogP contribution in [0.5, 0.6) is 0 Å². The zero-order chi connectivity index (χ0) is 15.0. The van der Waals surface area contributed by atoms with E-state index in [0.717, 1.165) is 5.82 Å². The maximum absolute atomic E-state index is 11.4. The number of hydrogen-bond acceptors (Lipinski definition) is 5. The Labute approximate surface area is 120 Å². The minimum Gasteiger partial charge on any atom is -0.478 e.